The third kappa shape index (κ3) is 18.5. The van der Waals surface area contributed by atoms with Crippen molar-refractivity contribution in [2.24, 2.45) is 0 Å². The summed E-state index contributed by atoms with van der Waals surface area (Å²) in [6.07, 6.45) is 3.56. The molecule has 0 saturated carbocycles. The molecule has 0 aromatic heterocycles. The van der Waals surface area contributed by atoms with Crippen molar-refractivity contribution < 1.29 is 31.4 Å². The van der Waals surface area contributed by atoms with Gasteiger partial charge in [-0.05, 0) is 20.8 Å². The van der Waals surface area contributed by atoms with E-state index in [9.17, 15) is 22.1 Å². The van der Waals surface area contributed by atoms with Gasteiger partial charge in [-0.2, -0.15) is 0 Å². The minimum absolute atomic E-state index is 0.310. The molecule has 0 atom stereocenters. The van der Waals surface area contributed by atoms with Crippen LogP contribution in [0, 0.1) is 0 Å². The highest BCUT2D eigenvalue weighted by Crippen LogP contribution is 2.11. The predicted molar refractivity (Wildman–Crippen MR) is 76.0 cm³/mol. The SMILES string of the molecule is CN(C)C(=CC=[N+](C)C)C(=O)OC(C)(C)C.F[B-](F)(F)F. The van der Waals surface area contributed by atoms with Gasteiger partial charge in [-0.25, -0.2) is 9.37 Å². The Balaban J connectivity index is 0. The van der Waals surface area contributed by atoms with Gasteiger partial charge in [0.1, 0.15) is 25.4 Å². The molecule has 0 aliphatic carbocycles. The van der Waals surface area contributed by atoms with Crippen molar-refractivity contribution >= 4 is 19.4 Å². The Morgan fingerprint density at radius 2 is 1.52 bits per heavy atom. The summed E-state index contributed by atoms with van der Waals surface area (Å²) in [5.41, 5.74) is 0.0632. The van der Waals surface area contributed by atoms with Crippen LogP contribution in [-0.2, 0) is 9.53 Å². The van der Waals surface area contributed by atoms with Crippen molar-refractivity contribution in [2.45, 2.75) is 26.4 Å². The number of esters is 1. The average molecular weight is 314 g/mol. The second-order valence-corrected chi connectivity index (χ2v) is 5.56. The fourth-order valence-electron chi connectivity index (χ4n) is 0.950. The Morgan fingerprint density at radius 3 is 1.76 bits per heavy atom. The van der Waals surface area contributed by atoms with Crippen LogP contribution in [0.3, 0.4) is 0 Å². The van der Waals surface area contributed by atoms with E-state index < -0.39 is 12.9 Å². The van der Waals surface area contributed by atoms with Gasteiger partial charge in [0, 0.05) is 20.2 Å². The zero-order valence-electron chi connectivity index (χ0n) is 13.5. The second-order valence-electron chi connectivity index (χ2n) is 5.56. The van der Waals surface area contributed by atoms with Crippen molar-refractivity contribution in [3.8, 4) is 0 Å². The molecule has 0 aliphatic rings. The van der Waals surface area contributed by atoms with Gasteiger partial charge in [0.05, 0.1) is 0 Å². The molecule has 9 heteroatoms. The van der Waals surface area contributed by atoms with Gasteiger partial charge >= 0.3 is 13.2 Å². The Labute approximate surface area is 123 Å². The molecule has 0 amide bonds. The number of likely N-dealkylation sites (N-methyl/N-ethyl adjacent to an activating group) is 1. The quantitative estimate of drug-likeness (QED) is 0.200. The monoisotopic (exact) mass is 314 g/mol. The van der Waals surface area contributed by atoms with Gasteiger partial charge in [0.25, 0.3) is 0 Å². The lowest BCUT2D eigenvalue weighted by molar-refractivity contribution is -0.458. The van der Waals surface area contributed by atoms with Crippen LogP contribution < -0.4 is 0 Å². The molecule has 0 aromatic rings. The highest BCUT2D eigenvalue weighted by Gasteiger charge is 2.21. The lowest BCUT2D eigenvalue weighted by atomic mass is 10.2. The summed E-state index contributed by atoms with van der Waals surface area (Å²) >= 11 is 0. The zero-order chi connectivity index (χ0) is 17.4. The van der Waals surface area contributed by atoms with Crippen molar-refractivity contribution in [1.29, 1.82) is 0 Å². The normalized spacial score (nSPS) is 12.0. The first kappa shape index (κ1) is 21.8. The number of hydrogen-bond donors (Lipinski definition) is 0. The molecule has 0 fully saturated rings. The van der Waals surface area contributed by atoms with Gasteiger partial charge in [0.15, 0.2) is 6.21 Å². The average Bonchev–Trinajstić information content (AvgIpc) is 2.10. The molecule has 21 heavy (non-hydrogen) atoms. The van der Waals surface area contributed by atoms with E-state index in [4.69, 9.17) is 4.74 Å². The van der Waals surface area contributed by atoms with Crippen LogP contribution in [0.25, 0.3) is 0 Å². The highest BCUT2D eigenvalue weighted by molar-refractivity contribution is 6.50. The highest BCUT2D eigenvalue weighted by atomic mass is 19.5. The Bertz CT molecular complexity index is 389. The molecule has 0 rings (SSSR count). The summed E-state index contributed by atoms with van der Waals surface area (Å²) in [5.74, 6) is -0.310. The van der Waals surface area contributed by atoms with Crippen LogP contribution in [0.1, 0.15) is 20.8 Å². The maximum absolute atomic E-state index is 11.8. The van der Waals surface area contributed by atoms with Crippen molar-refractivity contribution in [2.75, 3.05) is 28.2 Å². The standard InChI is InChI=1S/C12H23N2O2.BF4/c1-12(2,3)16-11(15)10(14(6)7)8-9-13(4)5;2-1(3,4)5/h8-9H,1-7H3;/q+1;-1. The summed E-state index contributed by atoms with van der Waals surface area (Å²) in [7, 11) is 1.44. The van der Waals surface area contributed by atoms with Crippen LogP contribution in [0.15, 0.2) is 11.8 Å². The molecule has 4 nitrogen and oxygen atoms in total. The van der Waals surface area contributed by atoms with Crippen molar-refractivity contribution in [1.82, 2.24) is 4.90 Å². The summed E-state index contributed by atoms with van der Waals surface area (Å²) < 4.78 is 46.2. The van der Waals surface area contributed by atoms with Crippen LogP contribution in [0.5, 0.6) is 0 Å². The van der Waals surface area contributed by atoms with E-state index in [1.54, 1.807) is 11.0 Å². The Morgan fingerprint density at radius 1 is 1.14 bits per heavy atom. The number of carbonyl (C=O) groups is 1. The maximum atomic E-state index is 11.8. The predicted octanol–water partition coefficient (Wildman–Crippen LogP) is 2.42. The summed E-state index contributed by atoms with van der Waals surface area (Å²) in [4.78, 5) is 13.6. The van der Waals surface area contributed by atoms with Gasteiger partial charge in [0.2, 0.25) is 0 Å². The van der Waals surface area contributed by atoms with Crippen molar-refractivity contribution in [3.05, 3.63) is 11.8 Å². The maximum Gasteiger partial charge on any atom is 0.673 e. The van der Waals surface area contributed by atoms with Crippen LogP contribution in [0.4, 0.5) is 17.3 Å². The topological polar surface area (TPSA) is 32.5 Å². The van der Waals surface area contributed by atoms with Crippen molar-refractivity contribution in [3.63, 3.8) is 0 Å². The zero-order valence-corrected chi connectivity index (χ0v) is 13.5. The number of ether oxygens (including phenoxy) is 1. The molecule has 0 aromatic carbocycles. The van der Waals surface area contributed by atoms with Crippen LogP contribution >= 0.6 is 0 Å². The molecule has 0 unspecified atom stereocenters. The lowest BCUT2D eigenvalue weighted by Gasteiger charge is -2.22. The Hall–Kier alpha value is -1.54. The van der Waals surface area contributed by atoms with Crippen LogP contribution in [0.2, 0.25) is 0 Å². The van der Waals surface area contributed by atoms with Gasteiger partial charge in [-0.1, -0.05) is 0 Å². The van der Waals surface area contributed by atoms with Gasteiger partial charge < -0.3 is 26.9 Å². The number of allylic oxidation sites excluding steroid dienone is 1. The molecule has 0 saturated heterocycles. The minimum atomic E-state index is -6.00. The number of carbonyl (C=O) groups excluding carboxylic acids is 1. The van der Waals surface area contributed by atoms with E-state index >= 15 is 0 Å². The smallest absolute Gasteiger partial charge is 0.455 e. The first-order chi connectivity index (χ1) is 9.13. The molecule has 0 aliphatic heterocycles. The largest absolute Gasteiger partial charge is 0.673 e. The molecule has 0 spiro atoms. The molecule has 0 radical (unpaired) electrons. The van der Waals surface area contributed by atoms with E-state index in [1.165, 1.54) is 0 Å². The van der Waals surface area contributed by atoms with E-state index in [0.29, 0.717) is 5.70 Å². The number of rotatable bonds is 3. The number of hydrogen-bond acceptors (Lipinski definition) is 3. The number of halogens is 4. The molecule has 0 heterocycles. The second kappa shape index (κ2) is 8.69. The number of nitrogens with zero attached hydrogens (tertiary/aromatic N) is 2. The molecule has 0 N–H and O–H groups in total. The van der Waals surface area contributed by atoms with Gasteiger partial charge in [-0.3, -0.25) is 0 Å². The van der Waals surface area contributed by atoms with E-state index in [-0.39, 0.29) is 5.97 Å². The first-order valence-corrected chi connectivity index (χ1v) is 6.13. The van der Waals surface area contributed by atoms with E-state index in [1.807, 2.05) is 59.8 Å². The van der Waals surface area contributed by atoms with E-state index in [2.05, 4.69) is 0 Å². The fourth-order valence-corrected chi connectivity index (χ4v) is 0.950. The third-order valence-electron chi connectivity index (χ3n) is 1.62. The molecular weight excluding hydrogens is 291 g/mol. The molecule has 0 bridgehead atoms. The molecular formula is C12H23BF4N2O2. The summed E-state index contributed by atoms with van der Waals surface area (Å²) in [6.45, 7) is 5.56. The fraction of sp³-hybridized carbons (Fsp3) is 0.667. The summed E-state index contributed by atoms with van der Waals surface area (Å²) in [5, 5.41) is 0. The van der Waals surface area contributed by atoms with E-state index in [0.717, 1.165) is 0 Å². The summed E-state index contributed by atoms with van der Waals surface area (Å²) in [6, 6.07) is 0. The third-order valence-corrected chi connectivity index (χ3v) is 1.62. The van der Waals surface area contributed by atoms with Gasteiger partial charge in [-0.15, -0.1) is 0 Å². The molecule has 124 valence electrons. The first-order valence-electron chi connectivity index (χ1n) is 6.13. The lowest BCUT2D eigenvalue weighted by Crippen LogP contribution is -2.29. The Kier molecular flexibility index (Phi) is 9.00. The van der Waals surface area contributed by atoms with Crippen LogP contribution in [-0.4, -0.2) is 62.7 Å². The minimum Gasteiger partial charge on any atom is -0.455 e.